The molecule has 1 heterocycles. The fourth-order valence-corrected chi connectivity index (χ4v) is 3.85. The molecule has 3 rings (SSSR count). The largest absolute Gasteiger partial charge is 0.368 e. The fraction of sp³-hybridized carbons (Fsp3) is 0.647. The van der Waals surface area contributed by atoms with Crippen molar-refractivity contribution in [2.45, 2.75) is 51.0 Å². The van der Waals surface area contributed by atoms with Crippen LogP contribution in [-0.2, 0) is 6.42 Å². The molecule has 1 aliphatic heterocycles. The number of rotatable bonds is 5. The first kappa shape index (κ1) is 13.0. The van der Waals surface area contributed by atoms with Crippen LogP contribution in [0.2, 0.25) is 0 Å². The molecule has 1 saturated carbocycles. The number of hydrogen-bond donors (Lipinski definition) is 1. The van der Waals surface area contributed by atoms with Crippen LogP contribution < -0.4 is 10.6 Å². The summed E-state index contributed by atoms with van der Waals surface area (Å²) in [5.41, 5.74) is 8.74. The van der Waals surface area contributed by atoms with Crippen molar-refractivity contribution in [1.29, 1.82) is 0 Å². The van der Waals surface area contributed by atoms with Crippen molar-refractivity contribution in [2.75, 3.05) is 18.0 Å². The van der Waals surface area contributed by atoms with Gasteiger partial charge < -0.3 is 10.6 Å². The third-order valence-electron chi connectivity index (χ3n) is 4.87. The van der Waals surface area contributed by atoms with Gasteiger partial charge in [0.15, 0.2) is 0 Å². The van der Waals surface area contributed by atoms with Crippen LogP contribution in [-0.4, -0.2) is 19.1 Å². The molecule has 2 aliphatic rings. The number of fused-ring (bicyclic) bond motifs is 1. The predicted molar refractivity (Wildman–Crippen MR) is 81.5 cm³/mol. The maximum Gasteiger partial charge on any atom is 0.0402 e. The molecule has 0 bridgehead atoms. The highest BCUT2D eigenvalue weighted by Crippen LogP contribution is 2.36. The Morgan fingerprint density at radius 1 is 1.16 bits per heavy atom. The average molecular weight is 258 g/mol. The summed E-state index contributed by atoms with van der Waals surface area (Å²) in [4.78, 5) is 2.70. The molecule has 104 valence electrons. The van der Waals surface area contributed by atoms with Crippen LogP contribution >= 0.6 is 0 Å². The Labute approximate surface area is 117 Å². The zero-order valence-electron chi connectivity index (χ0n) is 11.9. The lowest BCUT2D eigenvalue weighted by Gasteiger charge is -2.30. The van der Waals surface area contributed by atoms with Crippen molar-refractivity contribution >= 4 is 5.69 Å². The van der Waals surface area contributed by atoms with Gasteiger partial charge in [-0.1, -0.05) is 31.0 Å². The van der Waals surface area contributed by atoms with Gasteiger partial charge in [-0.2, -0.15) is 0 Å². The second-order valence-electron chi connectivity index (χ2n) is 6.22. The first-order valence-corrected chi connectivity index (χ1v) is 7.93. The van der Waals surface area contributed by atoms with E-state index in [9.17, 15) is 0 Å². The normalized spacial score (nSPS) is 23.0. The van der Waals surface area contributed by atoms with Gasteiger partial charge in [0.05, 0.1) is 0 Å². The SMILES string of the molecule is NCCCC1Cc2ccccc2N1CC1CCCC1. The molecule has 2 nitrogen and oxygen atoms in total. The van der Waals surface area contributed by atoms with E-state index in [1.54, 1.807) is 5.56 Å². The second-order valence-corrected chi connectivity index (χ2v) is 6.22. The molecule has 19 heavy (non-hydrogen) atoms. The number of hydrogen-bond acceptors (Lipinski definition) is 2. The van der Waals surface area contributed by atoms with Crippen LogP contribution in [0.3, 0.4) is 0 Å². The summed E-state index contributed by atoms with van der Waals surface area (Å²) in [7, 11) is 0. The van der Waals surface area contributed by atoms with E-state index in [2.05, 4.69) is 29.2 Å². The minimum atomic E-state index is 0.696. The van der Waals surface area contributed by atoms with E-state index >= 15 is 0 Å². The smallest absolute Gasteiger partial charge is 0.0402 e. The Hall–Kier alpha value is -1.02. The monoisotopic (exact) mass is 258 g/mol. The lowest BCUT2D eigenvalue weighted by atomic mass is 10.0. The molecule has 0 saturated heterocycles. The molecule has 0 radical (unpaired) electrons. The molecule has 1 unspecified atom stereocenters. The topological polar surface area (TPSA) is 29.3 Å². The summed E-state index contributed by atoms with van der Waals surface area (Å²) >= 11 is 0. The summed E-state index contributed by atoms with van der Waals surface area (Å²) in [6.07, 6.45) is 9.37. The maximum atomic E-state index is 5.70. The van der Waals surface area contributed by atoms with Crippen molar-refractivity contribution in [3.63, 3.8) is 0 Å². The van der Waals surface area contributed by atoms with Crippen molar-refractivity contribution in [3.8, 4) is 0 Å². The van der Waals surface area contributed by atoms with Gasteiger partial charge in [0.1, 0.15) is 0 Å². The van der Waals surface area contributed by atoms with E-state index < -0.39 is 0 Å². The van der Waals surface area contributed by atoms with E-state index in [1.807, 2.05) is 0 Å². The van der Waals surface area contributed by atoms with Crippen LogP contribution in [0.4, 0.5) is 5.69 Å². The zero-order chi connectivity index (χ0) is 13.1. The van der Waals surface area contributed by atoms with Gasteiger partial charge in [0, 0.05) is 18.3 Å². The molecule has 0 aromatic heterocycles. The third-order valence-corrected chi connectivity index (χ3v) is 4.87. The van der Waals surface area contributed by atoms with E-state index in [4.69, 9.17) is 5.73 Å². The first-order chi connectivity index (χ1) is 9.38. The van der Waals surface area contributed by atoms with Crippen LogP contribution in [0.15, 0.2) is 24.3 Å². The molecule has 1 aliphatic carbocycles. The minimum absolute atomic E-state index is 0.696. The number of nitrogens with zero attached hydrogens (tertiary/aromatic N) is 1. The van der Waals surface area contributed by atoms with Gasteiger partial charge in [-0.05, 0) is 56.2 Å². The highest BCUT2D eigenvalue weighted by atomic mass is 15.2. The summed E-state index contributed by atoms with van der Waals surface area (Å²) < 4.78 is 0. The molecule has 0 spiro atoms. The number of benzene rings is 1. The Kier molecular flexibility index (Phi) is 4.07. The summed E-state index contributed by atoms with van der Waals surface area (Å²) in [5, 5.41) is 0. The molecular weight excluding hydrogens is 232 g/mol. The Morgan fingerprint density at radius 3 is 2.74 bits per heavy atom. The van der Waals surface area contributed by atoms with Crippen LogP contribution in [0, 0.1) is 5.92 Å². The van der Waals surface area contributed by atoms with Crippen LogP contribution in [0.1, 0.15) is 44.1 Å². The molecule has 1 atom stereocenters. The van der Waals surface area contributed by atoms with E-state index in [-0.39, 0.29) is 0 Å². The number of anilines is 1. The second kappa shape index (κ2) is 5.96. The predicted octanol–water partition coefficient (Wildman–Crippen LogP) is 3.35. The van der Waals surface area contributed by atoms with Crippen molar-refractivity contribution in [1.82, 2.24) is 0 Å². The quantitative estimate of drug-likeness (QED) is 0.877. The average Bonchev–Trinajstić information content (AvgIpc) is 3.06. The molecule has 0 amide bonds. The molecule has 2 heteroatoms. The summed E-state index contributed by atoms with van der Waals surface area (Å²) in [6.45, 7) is 2.09. The van der Waals surface area contributed by atoms with Crippen molar-refractivity contribution in [2.24, 2.45) is 11.7 Å². The lowest BCUT2D eigenvalue weighted by Crippen LogP contribution is -2.36. The number of para-hydroxylation sites is 1. The molecule has 1 aromatic carbocycles. The fourth-order valence-electron chi connectivity index (χ4n) is 3.85. The molecule has 1 fully saturated rings. The minimum Gasteiger partial charge on any atom is -0.368 e. The third kappa shape index (κ3) is 2.79. The maximum absolute atomic E-state index is 5.70. The van der Waals surface area contributed by atoms with Gasteiger partial charge in [-0.3, -0.25) is 0 Å². The molecule has 1 aromatic rings. The summed E-state index contributed by atoms with van der Waals surface area (Å²) in [6, 6.07) is 9.68. The van der Waals surface area contributed by atoms with Crippen molar-refractivity contribution in [3.05, 3.63) is 29.8 Å². The first-order valence-electron chi connectivity index (χ1n) is 7.93. The lowest BCUT2D eigenvalue weighted by molar-refractivity contribution is 0.479. The van der Waals surface area contributed by atoms with Crippen LogP contribution in [0.5, 0.6) is 0 Å². The zero-order valence-corrected chi connectivity index (χ0v) is 11.9. The van der Waals surface area contributed by atoms with Gasteiger partial charge in [0.25, 0.3) is 0 Å². The summed E-state index contributed by atoms with van der Waals surface area (Å²) in [5.74, 6) is 0.923. The van der Waals surface area contributed by atoms with E-state index in [0.717, 1.165) is 18.9 Å². The van der Waals surface area contributed by atoms with Gasteiger partial charge in [0.2, 0.25) is 0 Å². The van der Waals surface area contributed by atoms with E-state index in [1.165, 1.54) is 50.8 Å². The standard InChI is InChI=1S/C17H26N2/c18-11-5-9-16-12-15-8-3-4-10-17(15)19(16)13-14-6-1-2-7-14/h3-4,8,10,14,16H,1-2,5-7,9,11-13,18H2. The van der Waals surface area contributed by atoms with Crippen molar-refractivity contribution < 1.29 is 0 Å². The Bertz CT molecular complexity index is 409. The Morgan fingerprint density at radius 2 is 1.95 bits per heavy atom. The van der Waals surface area contributed by atoms with Gasteiger partial charge in [-0.25, -0.2) is 0 Å². The Balaban J connectivity index is 1.74. The van der Waals surface area contributed by atoms with E-state index in [0.29, 0.717) is 6.04 Å². The number of nitrogens with two attached hydrogens (primary N) is 1. The van der Waals surface area contributed by atoms with Gasteiger partial charge >= 0.3 is 0 Å². The highest BCUT2D eigenvalue weighted by molar-refractivity contribution is 5.59. The van der Waals surface area contributed by atoms with Gasteiger partial charge in [-0.15, -0.1) is 0 Å². The highest BCUT2D eigenvalue weighted by Gasteiger charge is 2.30. The molecule has 2 N–H and O–H groups in total. The van der Waals surface area contributed by atoms with Crippen LogP contribution in [0.25, 0.3) is 0 Å². The molecular formula is C17H26N2.